The average Bonchev–Trinajstić information content (AvgIpc) is 2.83. The lowest BCUT2D eigenvalue weighted by atomic mass is 10.1. The van der Waals surface area contributed by atoms with E-state index in [0.29, 0.717) is 40.9 Å². The van der Waals surface area contributed by atoms with Crippen molar-refractivity contribution >= 4 is 52.7 Å². The number of urea groups is 1. The number of hydrogen-bond acceptors (Lipinski definition) is 3. The second-order valence-electron chi connectivity index (χ2n) is 4.93. The first-order valence-corrected chi connectivity index (χ1v) is 8.55. The Kier molecular flexibility index (Phi) is 5.47. The molecule has 0 radical (unpaired) electrons. The summed E-state index contributed by atoms with van der Waals surface area (Å²) in [5.74, 6) is -0.396. The van der Waals surface area contributed by atoms with Gasteiger partial charge in [-0.25, -0.2) is 9.59 Å². The summed E-state index contributed by atoms with van der Waals surface area (Å²) < 4.78 is 0. The quantitative estimate of drug-likeness (QED) is 0.843. The minimum atomic E-state index is -1.21. The number of carboxylic acid groups (broad SMARTS) is 1. The number of anilines is 1. The molecule has 1 aliphatic heterocycles. The minimum absolute atomic E-state index is 0.386. The monoisotopic (exact) mass is 362 g/mol. The lowest BCUT2D eigenvalue weighted by molar-refractivity contribution is -0.143. The molecule has 22 heavy (non-hydrogen) atoms. The van der Waals surface area contributed by atoms with Crippen molar-refractivity contribution in [3.8, 4) is 0 Å². The number of hydrogen-bond donors (Lipinski definition) is 2. The predicted molar refractivity (Wildman–Crippen MR) is 89.9 cm³/mol. The van der Waals surface area contributed by atoms with Gasteiger partial charge in [0, 0.05) is 28.0 Å². The molecule has 2 amide bonds. The van der Waals surface area contributed by atoms with E-state index >= 15 is 0 Å². The molecule has 0 spiro atoms. The fourth-order valence-corrected chi connectivity index (χ4v) is 4.42. The molecule has 2 N–H and O–H groups in total. The molecule has 5 nitrogen and oxygen atoms in total. The summed E-state index contributed by atoms with van der Waals surface area (Å²) in [7, 11) is 0. The van der Waals surface area contributed by atoms with Gasteiger partial charge in [-0.05, 0) is 24.6 Å². The second-order valence-corrected chi connectivity index (χ2v) is 7.17. The van der Waals surface area contributed by atoms with Crippen LogP contribution >= 0.6 is 35.0 Å². The summed E-state index contributed by atoms with van der Waals surface area (Å²) in [5, 5.41) is 13.1. The highest BCUT2D eigenvalue weighted by Gasteiger charge is 2.50. The number of nitrogens with zero attached hydrogens (tertiary/aromatic N) is 1. The van der Waals surface area contributed by atoms with Crippen molar-refractivity contribution in [2.45, 2.75) is 24.6 Å². The van der Waals surface area contributed by atoms with Crippen LogP contribution < -0.4 is 5.32 Å². The molecule has 1 aromatic rings. The van der Waals surface area contributed by atoms with E-state index < -0.39 is 16.9 Å². The fraction of sp³-hybridized carbons (Fsp3) is 0.429. The van der Waals surface area contributed by atoms with Crippen molar-refractivity contribution in [2.75, 3.05) is 17.6 Å². The summed E-state index contributed by atoms with van der Waals surface area (Å²) in [6.45, 7) is 2.29. The van der Waals surface area contributed by atoms with E-state index in [4.69, 9.17) is 23.2 Å². The molecule has 0 aromatic heterocycles. The molecule has 1 heterocycles. The largest absolute Gasteiger partial charge is 0.479 e. The normalized spacial score (nSPS) is 21.0. The first kappa shape index (κ1) is 17.2. The summed E-state index contributed by atoms with van der Waals surface area (Å²) >= 11 is 13.1. The Bertz CT molecular complexity index is 579. The van der Waals surface area contributed by atoms with Gasteiger partial charge in [-0.2, -0.15) is 0 Å². The van der Waals surface area contributed by atoms with Crippen LogP contribution in [0.25, 0.3) is 0 Å². The van der Waals surface area contributed by atoms with E-state index in [-0.39, 0.29) is 0 Å². The highest BCUT2D eigenvalue weighted by Crippen LogP contribution is 2.40. The van der Waals surface area contributed by atoms with Gasteiger partial charge in [0.2, 0.25) is 0 Å². The maximum Gasteiger partial charge on any atom is 0.340 e. The zero-order chi connectivity index (χ0) is 16.3. The molecule has 1 aliphatic rings. The number of amides is 2. The SMILES string of the molecule is CCCC1(C(=O)O)SCCN1C(=O)Nc1cc(Cl)cc(Cl)c1. The van der Waals surface area contributed by atoms with Crippen LogP contribution in [0.1, 0.15) is 19.8 Å². The number of carbonyl (C=O) groups is 2. The van der Waals surface area contributed by atoms with E-state index in [1.807, 2.05) is 6.92 Å². The molecule has 120 valence electrons. The Balaban J connectivity index is 2.22. The van der Waals surface area contributed by atoms with Gasteiger partial charge in [-0.3, -0.25) is 4.90 Å². The van der Waals surface area contributed by atoms with Gasteiger partial charge in [0.1, 0.15) is 0 Å². The van der Waals surface area contributed by atoms with Crippen LogP contribution in [0.4, 0.5) is 10.5 Å². The van der Waals surface area contributed by atoms with Crippen LogP contribution in [0.2, 0.25) is 10.0 Å². The third-order valence-electron chi connectivity index (χ3n) is 3.37. The second kappa shape index (κ2) is 6.98. The number of rotatable bonds is 4. The number of benzene rings is 1. The van der Waals surface area contributed by atoms with Crippen LogP contribution in [0.3, 0.4) is 0 Å². The molecule has 8 heteroatoms. The van der Waals surface area contributed by atoms with Gasteiger partial charge < -0.3 is 10.4 Å². The number of carbonyl (C=O) groups excluding carboxylic acids is 1. The van der Waals surface area contributed by atoms with E-state index in [9.17, 15) is 14.7 Å². The molecule has 0 aliphatic carbocycles. The van der Waals surface area contributed by atoms with Crippen molar-refractivity contribution in [3.63, 3.8) is 0 Å². The lowest BCUT2D eigenvalue weighted by Gasteiger charge is -2.33. The molecule has 1 unspecified atom stereocenters. The van der Waals surface area contributed by atoms with Gasteiger partial charge in [0.25, 0.3) is 0 Å². The Morgan fingerprint density at radius 3 is 2.55 bits per heavy atom. The number of carboxylic acids is 1. The lowest BCUT2D eigenvalue weighted by Crippen LogP contribution is -2.52. The Morgan fingerprint density at radius 1 is 1.36 bits per heavy atom. The Hall–Kier alpha value is -1.11. The molecule has 2 rings (SSSR count). The van der Waals surface area contributed by atoms with Crippen molar-refractivity contribution in [2.24, 2.45) is 0 Å². The molecule has 0 bridgehead atoms. The van der Waals surface area contributed by atoms with E-state index in [1.54, 1.807) is 18.2 Å². The number of aliphatic carboxylic acids is 1. The molecule has 1 fully saturated rings. The van der Waals surface area contributed by atoms with Gasteiger partial charge in [0.15, 0.2) is 4.87 Å². The van der Waals surface area contributed by atoms with E-state index in [0.717, 1.165) is 0 Å². The van der Waals surface area contributed by atoms with Gasteiger partial charge in [-0.15, -0.1) is 11.8 Å². The smallest absolute Gasteiger partial charge is 0.340 e. The average molecular weight is 363 g/mol. The van der Waals surface area contributed by atoms with Crippen molar-refractivity contribution in [1.29, 1.82) is 0 Å². The van der Waals surface area contributed by atoms with Gasteiger partial charge >= 0.3 is 12.0 Å². The first-order chi connectivity index (χ1) is 10.4. The van der Waals surface area contributed by atoms with E-state index in [2.05, 4.69) is 5.32 Å². The summed E-state index contributed by atoms with van der Waals surface area (Å²) in [6.07, 6.45) is 1.07. The standard InChI is InChI=1S/C14H16Cl2N2O3S/c1-2-3-14(12(19)20)18(4-5-22-14)13(21)17-11-7-9(15)6-10(16)8-11/h6-8H,2-5H2,1H3,(H,17,21)(H,19,20). The van der Waals surface area contributed by atoms with Crippen molar-refractivity contribution in [1.82, 2.24) is 4.90 Å². The number of nitrogens with one attached hydrogen (secondary N) is 1. The Labute approximate surface area is 143 Å². The van der Waals surface area contributed by atoms with Crippen molar-refractivity contribution < 1.29 is 14.7 Å². The van der Waals surface area contributed by atoms with E-state index in [1.165, 1.54) is 16.7 Å². The topological polar surface area (TPSA) is 69.6 Å². The van der Waals surface area contributed by atoms with Crippen molar-refractivity contribution in [3.05, 3.63) is 28.2 Å². The highest BCUT2D eigenvalue weighted by atomic mass is 35.5. The van der Waals surface area contributed by atoms with Crippen LogP contribution in [-0.2, 0) is 4.79 Å². The number of halogens is 2. The molecule has 0 saturated carbocycles. The molecule has 1 saturated heterocycles. The third-order valence-corrected chi connectivity index (χ3v) is 5.27. The molecule has 1 atom stereocenters. The minimum Gasteiger partial charge on any atom is -0.479 e. The summed E-state index contributed by atoms with van der Waals surface area (Å²) in [5.41, 5.74) is 0.440. The molecule has 1 aromatic carbocycles. The molecular formula is C14H16Cl2N2O3S. The van der Waals surface area contributed by atoms with Crippen LogP contribution in [0.5, 0.6) is 0 Å². The fourth-order valence-electron chi connectivity index (χ4n) is 2.48. The third kappa shape index (κ3) is 3.45. The highest BCUT2D eigenvalue weighted by molar-refractivity contribution is 8.01. The van der Waals surface area contributed by atoms with Crippen LogP contribution in [0.15, 0.2) is 18.2 Å². The summed E-state index contributed by atoms with van der Waals surface area (Å²) in [6, 6.07) is 4.23. The maximum atomic E-state index is 12.5. The molecular weight excluding hydrogens is 347 g/mol. The Morgan fingerprint density at radius 2 is 2.00 bits per heavy atom. The summed E-state index contributed by atoms with van der Waals surface area (Å²) in [4.78, 5) is 24.4. The number of thioether (sulfide) groups is 1. The predicted octanol–water partition coefficient (Wildman–Crippen LogP) is 4.16. The van der Waals surface area contributed by atoms with Crippen LogP contribution in [0, 0.1) is 0 Å². The maximum absolute atomic E-state index is 12.5. The first-order valence-electron chi connectivity index (χ1n) is 6.81. The van der Waals surface area contributed by atoms with Gasteiger partial charge in [-0.1, -0.05) is 36.5 Å². The van der Waals surface area contributed by atoms with Crippen LogP contribution in [-0.4, -0.2) is 39.2 Å². The zero-order valence-electron chi connectivity index (χ0n) is 11.9. The van der Waals surface area contributed by atoms with Gasteiger partial charge in [0.05, 0.1) is 0 Å². The zero-order valence-corrected chi connectivity index (χ0v) is 14.3.